The van der Waals surface area contributed by atoms with Gasteiger partial charge in [0, 0.05) is 26.2 Å². The third-order valence-corrected chi connectivity index (χ3v) is 6.34. The largest absolute Gasteiger partial charge is 0.476 e. The van der Waals surface area contributed by atoms with Crippen LogP contribution < -0.4 is 13.9 Å². The molecule has 0 aromatic heterocycles. The van der Waals surface area contributed by atoms with E-state index < -0.39 is 16.1 Å². The second kappa shape index (κ2) is 7.55. The second-order valence-corrected chi connectivity index (χ2v) is 9.04. The van der Waals surface area contributed by atoms with Crippen molar-refractivity contribution >= 4 is 27.3 Å². The van der Waals surface area contributed by atoms with Crippen LogP contribution in [0.25, 0.3) is 0 Å². The van der Waals surface area contributed by atoms with Crippen molar-refractivity contribution in [2.45, 2.75) is 6.10 Å². The lowest BCUT2D eigenvalue weighted by Gasteiger charge is -2.40. The molecule has 1 saturated heterocycles. The summed E-state index contributed by atoms with van der Waals surface area (Å²) >= 11 is 0. The molecule has 0 spiro atoms. The number of hydrogen-bond donors (Lipinski definition) is 0. The predicted octanol–water partition coefficient (Wildman–Crippen LogP) is 1.70. The number of anilines is 2. The van der Waals surface area contributed by atoms with Crippen LogP contribution in [0.5, 0.6) is 5.75 Å². The zero-order chi connectivity index (χ0) is 20.6. The Balaban J connectivity index is 1.47. The van der Waals surface area contributed by atoms with Gasteiger partial charge in [0.15, 0.2) is 6.10 Å². The van der Waals surface area contributed by atoms with E-state index in [9.17, 15) is 17.6 Å². The topological polar surface area (TPSA) is 70.2 Å². The van der Waals surface area contributed by atoms with Gasteiger partial charge in [0.05, 0.1) is 24.2 Å². The Morgan fingerprint density at radius 1 is 1.00 bits per heavy atom. The molecule has 0 saturated carbocycles. The third-order valence-electron chi connectivity index (χ3n) is 5.20. The van der Waals surface area contributed by atoms with Gasteiger partial charge in [0.2, 0.25) is 10.0 Å². The van der Waals surface area contributed by atoms with Crippen molar-refractivity contribution in [3.05, 3.63) is 54.3 Å². The molecular formula is C20H22FN3O4S. The highest BCUT2D eigenvalue weighted by atomic mass is 32.2. The molecule has 4 rings (SSSR count). The molecule has 1 atom stereocenters. The molecule has 2 aromatic carbocycles. The van der Waals surface area contributed by atoms with Crippen molar-refractivity contribution in [3.63, 3.8) is 0 Å². The van der Waals surface area contributed by atoms with Crippen molar-refractivity contribution in [2.75, 3.05) is 48.2 Å². The maximum absolute atomic E-state index is 14.0. The van der Waals surface area contributed by atoms with E-state index in [0.29, 0.717) is 43.3 Å². The van der Waals surface area contributed by atoms with Gasteiger partial charge in [-0.05, 0) is 24.3 Å². The number of ether oxygens (including phenoxy) is 1. The van der Waals surface area contributed by atoms with E-state index >= 15 is 0 Å². The van der Waals surface area contributed by atoms with Crippen LogP contribution in [-0.2, 0) is 14.8 Å². The summed E-state index contributed by atoms with van der Waals surface area (Å²) in [6.45, 7) is 1.74. The molecular weight excluding hydrogens is 397 g/mol. The van der Waals surface area contributed by atoms with Gasteiger partial charge in [-0.25, -0.2) is 12.8 Å². The van der Waals surface area contributed by atoms with Gasteiger partial charge in [-0.1, -0.05) is 24.3 Å². The summed E-state index contributed by atoms with van der Waals surface area (Å²) in [5, 5.41) is 0. The first-order chi connectivity index (χ1) is 13.8. The maximum atomic E-state index is 14.0. The number of carbonyl (C=O) groups is 1. The van der Waals surface area contributed by atoms with Gasteiger partial charge in [-0.15, -0.1) is 0 Å². The van der Waals surface area contributed by atoms with E-state index in [-0.39, 0.29) is 18.3 Å². The molecule has 2 aliphatic heterocycles. The number of hydrogen-bond acceptors (Lipinski definition) is 5. The average molecular weight is 419 g/mol. The summed E-state index contributed by atoms with van der Waals surface area (Å²) < 4.78 is 45.5. The Kier molecular flexibility index (Phi) is 5.08. The van der Waals surface area contributed by atoms with Gasteiger partial charge in [-0.2, -0.15) is 0 Å². The lowest BCUT2D eigenvalue weighted by Crippen LogP contribution is -2.56. The zero-order valence-corrected chi connectivity index (χ0v) is 16.8. The van der Waals surface area contributed by atoms with Crippen LogP contribution in [0, 0.1) is 5.82 Å². The number of fused-ring (bicyclic) bond motifs is 1. The molecule has 9 heteroatoms. The van der Waals surface area contributed by atoms with Crippen molar-refractivity contribution in [1.82, 2.24) is 4.90 Å². The Morgan fingerprint density at radius 3 is 2.28 bits per heavy atom. The van der Waals surface area contributed by atoms with E-state index in [1.54, 1.807) is 47.4 Å². The summed E-state index contributed by atoms with van der Waals surface area (Å²) in [6.07, 6.45) is 0.198. The molecule has 0 unspecified atom stereocenters. The fraction of sp³-hybridized carbons (Fsp3) is 0.350. The number of nitrogens with zero attached hydrogens (tertiary/aromatic N) is 3. The average Bonchev–Trinajstić information content (AvgIpc) is 2.72. The standard InChI is InChI=1S/C20H22FN3O4S/c1-29(26,27)24-14-19(28-18-9-5-4-8-17(18)24)20(25)23-12-10-22(11-13-23)16-7-3-2-6-15(16)21/h2-9,19H,10-14H2,1H3/t19-/m0/s1. The zero-order valence-electron chi connectivity index (χ0n) is 16.0. The third kappa shape index (κ3) is 3.87. The lowest BCUT2D eigenvalue weighted by atomic mass is 10.2. The van der Waals surface area contributed by atoms with Crippen molar-refractivity contribution in [1.29, 1.82) is 0 Å². The first kappa shape index (κ1) is 19.5. The van der Waals surface area contributed by atoms with Crippen molar-refractivity contribution in [2.24, 2.45) is 0 Å². The van der Waals surface area contributed by atoms with Crippen LogP contribution in [0.3, 0.4) is 0 Å². The molecule has 1 fully saturated rings. The smallest absolute Gasteiger partial charge is 0.265 e. The van der Waals surface area contributed by atoms with Crippen molar-refractivity contribution < 1.29 is 22.3 Å². The van der Waals surface area contributed by atoms with E-state index in [0.717, 1.165) is 6.26 Å². The fourth-order valence-electron chi connectivity index (χ4n) is 3.72. The molecule has 29 heavy (non-hydrogen) atoms. The highest BCUT2D eigenvalue weighted by Gasteiger charge is 2.37. The summed E-state index contributed by atoms with van der Waals surface area (Å²) in [4.78, 5) is 16.6. The Labute approximate surface area is 169 Å². The molecule has 1 amide bonds. The number of rotatable bonds is 3. The molecule has 0 radical (unpaired) electrons. The number of amides is 1. The van der Waals surface area contributed by atoms with Crippen LogP contribution >= 0.6 is 0 Å². The summed E-state index contributed by atoms with van der Waals surface area (Å²) in [5.74, 6) is -0.183. The number of piperazine rings is 1. The van der Waals surface area contributed by atoms with Gasteiger partial charge < -0.3 is 14.5 Å². The fourth-order valence-corrected chi connectivity index (χ4v) is 4.64. The molecule has 7 nitrogen and oxygen atoms in total. The van der Waals surface area contributed by atoms with E-state index in [1.807, 2.05) is 4.90 Å². The quantitative estimate of drug-likeness (QED) is 0.758. The molecule has 2 heterocycles. The Hall–Kier alpha value is -2.81. The number of carbonyl (C=O) groups excluding carboxylic acids is 1. The van der Waals surface area contributed by atoms with Crippen LogP contribution in [0.15, 0.2) is 48.5 Å². The molecule has 2 aliphatic rings. The minimum Gasteiger partial charge on any atom is -0.476 e. The Morgan fingerprint density at radius 2 is 1.62 bits per heavy atom. The lowest BCUT2D eigenvalue weighted by molar-refractivity contribution is -0.138. The summed E-state index contributed by atoms with van der Waals surface area (Å²) in [6, 6.07) is 13.3. The van der Waals surface area contributed by atoms with Gasteiger partial charge in [-0.3, -0.25) is 9.10 Å². The first-order valence-electron chi connectivity index (χ1n) is 9.36. The number of benzene rings is 2. The second-order valence-electron chi connectivity index (χ2n) is 7.13. The SMILES string of the molecule is CS(=O)(=O)N1C[C@@H](C(=O)N2CCN(c3ccccc3F)CC2)Oc2ccccc21. The molecule has 2 aromatic rings. The van der Waals surface area contributed by atoms with Crippen LogP contribution in [0.2, 0.25) is 0 Å². The molecule has 0 bridgehead atoms. The van der Waals surface area contributed by atoms with E-state index in [4.69, 9.17) is 4.74 Å². The van der Waals surface area contributed by atoms with E-state index in [1.165, 1.54) is 10.4 Å². The van der Waals surface area contributed by atoms with Crippen LogP contribution in [-0.4, -0.2) is 64.3 Å². The normalized spacial score (nSPS) is 19.5. The summed E-state index contributed by atoms with van der Waals surface area (Å²) in [5.41, 5.74) is 0.953. The minimum absolute atomic E-state index is 0.0673. The molecule has 0 aliphatic carbocycles. The maximum Gasteiger partial charge on any atom is 0.265 e. The number of sulfonamides is 1. The number of halogens is 1. The van der Waals surface area contributed by atoms with Gasteiger partial charge >= 0.3 is 0 Å². The van der Waals surface area contributed by atoms with Crippen LogP contribution in [0.1, 0.15) is 0 Å². The van der Waals surface area contributed by atoms with Crippen LogP contribution in [0.4, 0.5) is 15.8 Å². The van der Waals surface area contributed by atoms with Gasteiger partial charge in [0.25, 0.3) is 5.91 Å². The highest BCUT2D eigenvalue weighted by molar-refractivity contribution is 7.92. The highest BCUT2D eigenvalue weighted by Crippen LogP contribution is 2.35. The first-order valence-corrected chi connectivity index (χ1v) is 11.2. The predicted molar refractivity (Wildman–Crippen MR) is 108 cm³/mol. The van der Waals surface area contributed by atoms with E-state index in [2.05, 4.69) is 0 Å². The monoisotopic (exact) mass is 419 g/mol. The number of para-hydroxylation sites is 3. The summed E-state index contributed by atoms with van der Waals surface area (Å²) in [7, 11) is -3.55. The molecule has 154 valence electrons. The Bertz CT molecular complexity index is 1020. The minimum atomic E-state index is -3.55. The van der Waals surface area contributed by atoms with Gasteiger partial charge in [0.1, 0.15) is 11.6 Å². The van der Waals surface area contributed by atoms with Crippen molar-refractivity contribution in [3.8, 4) is 5.75 Å². The molecule has 0 N–H and O–H groups in total.